The van der Waals surface area contributed by atoms with Crippen LogP contribution >= 0.6 is 0 Å². The molecule has 1 unspecified atom stereocenters. The zero-order chi connectivity index (χ0) is 15.5. The summed E-state index contributed by atoms with van der Waals surface area (Å²) in [5.74, 6) is 0.569. The van der Waals surface area contributed by atoms with E-state index in [1.807, 2.05) is 20.9 Å². The molecular weight excluding hydrogens is 270 g/mol. The van der Waals surface area contributed by atoms with Crippen molar-refractivity contribution in [1.82, 2.24) is 5.32 Å². The van der Waals surface area contributed by atoms with E-state index in [0.29, 0.717) is 0 Å². The van der Waals surface area contributed by atoms with Gasteiger partial charge in [-0.05, 0) is 50.4 Å². The van der Waals surface area contributed by atoms with E-state index in [1.54, 1.807) is 0 Å². The van der Waals surface area contributed by atoms with E-state index in [2.05, 4.69) is 38.2 Å². The van der Waals surface area contributed by atoms with Gasteiger partial charge >= 0.3 is 0 Å². The molecule has 1 N–H and O–H groups in total. The van der Waals surface area contributed by atoms with Gasteiger partial charge in [0.1, 0.15) is 0 Å². The molecule has 0 amide bonds. The van der Waals surface area contributed by atoms with E-state index in [0.717, 1.165) is 16.7 Å². The maximum absolute atomic E-state index is 12.2. The summed E-state index contributed by atoms with van der Waals surface area (Å²) < 4.78 is 24.5. The Bertz CT molecular complexity index is 539. The minimum absolute atomic E-state index is 0.139. The van der Waals surface area contributed by atoms with Gasteiger partial charge in [0.25, 0.3) is 0 Å². The molecule has 1 aromatic rings. The summed E-state index contributed by atoms with van der Waals surface area (Å²) in [4.78, 5) is 0. The van der Waals surface area contributed by atoms with Crippen LogP contribution in [0.2, 0.25) is 0 Å². The molecule has 0 aliphatic carbocycles. The molecule has 0 radical (unpaired) electrons. The molecule has 0 aliphatic rings. The Morgan fingerprint density at radius 3 is 1.95 bits per heavy atom. The Balaban J connectivity index is 3.10. The van der Waals surface area contributed by atoms with Gasteiger partial charge in [0.15, 0.2) is 9.84 Å². The molecule has 0 spiro atoms. The van der Waals surface area contributed by atoms with E-state index >= 15 is 0 Å². The molecule has 0 saturated carbocycles. The topological polar surface area (TPSA) is 46.2 Å². The van der Waals surface area contributed by atoms with Crippen LogP contribution in [0.5, 0.6) is 0 Å². The first kappa shape index (κ1) is 17.2. The summed E-state index contributed by atoms with van der Waals surface area (Å²) in [5.41, 5.74) is 4.64. The molecule has 4 heteroatoms. The van der Waals surface area contributed by atoms with Crippen LogP contribution in [0.15, 0.2) is 12.1 Å². The molecular formula is C16H27NO2S. The van der Waals surface area contributed by atoms with Gasteiger partial charge in [-0.15, -0.1) is 0 Å². The number of benzene rings is 1. The maximum Gasteiger partial charge on any atom is 0.152 e. The molecule has 1 atom stereocenters. The molecule has 0 fully saturated rings. The largest absolute Gasteiger partial charge is 0.312 e. The van der Waals surface area contributed by atoms with Crippen LogP contribution in [0.25, 0.3) is 0 Å². The molecule has 1 aromatic carbocycles. The van der Waals surface area contributed by atoms with E-state index in [9.17, 15) is 8.42 Å². The van der Waals surface area contributed by atoms with Crippen molar-refractivity contribution < 1.29 is 8.42 Å². The molecule has 0 aromatic heterocycles. The molecule has 0 heterocycles. The Labute approximate surface area is 123 Å². The number of rotatable bonds is 6. The van der Waals surface area contributed by atoms with Crippen LogP contribution < -0.4 is 5.32 Å². The Kier molecular flexibility index (Phi) is 5.78. The van der Waals surface area contributed by atoms with Crippen molar-refractivity contribution in [3.63, 3.8) is 0 Å². The Morgan fingerprint density at radius 1 is 1.05 bits per heavy atom. The Hall–Kier alpha value is -0.870. The monoisotopic (exact) mass is 297 g/mol. The summed E-state index contributed by atoms with van der Waals surface area (Å²) in [5, 5.41) is 3.17. The summed E-state index contributed by atoms with van der Waals surface area (Å²) in [7, 11) is -1.22. The molecule has 1 rings (SSSR count). The van der Waals surface area contributed by atoms with Crippen LogP contribution in [0.3, 0.4) is 0 Å². The van der Waals surface area contributed by atoms with E-state index in [4.69, 9.17) is 0 Å². The highest BCUT2D eigenvalue weighted by atomic mass is 32.2. The second-order valence-corrected chi connectivity index (χ2v) is 8.28. The molecule has 0 saturated heterocycles. The van der Waals surface area contributed by atoms with Crippen LogP contribution in [0.1, 0.15) is 42.1 Å². The van der Waals surface area contributed by atoms with E-state index < -0.39 is 9.84 Å². The highest BCUT2D eigenvalue weighted by Gasteiger charge is 2.23. The fourth-order valence-corrected chi connectivity index (χ4v) is 4.87. The predicted molar refractivity (Wildman–Crippen MR) is 85.9 cm³/mol. The summed E-state index contributed by atoms with van der Waals surface area (Å²) >= 11 is 0. The van der Waals surface area contributed by atoms with Crippen molar-refractivity contribution in [3.05, 3.63) is 34.4 Å². The van der Waals surface area contributed by atoms with Gasteiger partial charge < -0.3 is 5.32 Å². The van der Waals surface area contributed by atoms with Gasteiger partial charge in [-0.1, -0.05) is 31.5 Å². The highest BCUT2D eigenvalue weighted by Crippen LogP contribution is 2.25. The molecule has 0 aliphatic heterocycles. The van der Waals surface area contributed by atoms with Crippen molar-refractivity contribution in [3.8, 4) is 0 Å². The number of aryl methyl sites for hydroxylation is 3. The van der Waals surface area contributed by atoms with Gasteiger partial charge in [-0.25, -0.2) is 8.42 Å². The molecule has 20 heavy (non-hydrogen) atoms. The molecule has 3 nitrogen and oxygen atoms in total. The summed E-state index contributed by atoms with van der Waals surface area (Å²) in [6.45, 7) is 10.0. The second-order valence-electron chi connectivity index (χ2n) is 6.12. The fraction of sp³-hybridized carbons (Fsp3) is 0.625. The van der Waals surface area contributed by atoms with Crippen molar-refractivity contribution >= 4 is 9.84 Å². The summed E-state index contributed by atoms with van der Waals surface area (Å²) in [6, 6.07) is 4.09. The smallest absolute Gasteiger partial charge is 0.152 e. The Morgan fingerprint density at radius 2 is 1.55 bits per heavy atom. The van der Waals surface area contributed by atoms with Gasteiger partial charge in [0.05, 0.1) is 11.5 Å². The third kappa shape index (κ3) is 4.60. The molecule has 0 bridgehead atoms. The van der Waals surface area contributed by atoms with Crippen molar-refractivity contribution in [2.75, 3.05) is 18.6 Å². The average molecular weight is 297 g/mol. The average Bonchev–Trinajstić information content (AvgIpc) is 2.23. The number of hydrogen-bond acceptors (Lipinski definition) is 3. The second kappa shape index (κ2) is 6.72. The lowest BCUT2D eigenvalue weighted by Crippen LogP contribution is -2.29. The zero-order valence-corrected chi connectivity index (χ0v) is 14.3. The van der Waals surface area contributed by atoms with Crippen molar-refractivity contribution in [2.24, 2.45) is 5.92 Å². The maximum atomic E-state index is 12.2. The van der Waals surface area contributed by atoms with Crippen LogP contribution in [-0.2, 0) is 9.84 Å². The third-order valence-corrected chi connectivity index (χ3v) is 5.46. The number of sulfone groups is 1. The van der Waals surface area contributed by atoms with Crippen molar-refractivity contribution in [2.45, 2.75) is 40.7 Å². The van der Waals surface area contributed by atoms with Crippen LogP contribution in [-0.4, -0.2) is 27.0 Å². The van der Waals surface area contributed by atoms with Gasteiger partial charge in [-0.2, -0.15) is 0 Å². The summed E-state index contributed by atoms with van der Waals surface area (Å²) in [6.07, 6.45) is 0. The van der Waals surface area contributed by atoms with Gasteiger partial charge in [0, 0.05) is 6.04 Å². The highest BCUT2D eigenvalue weighted by molar-refractivity contribution is 7.91. The zero-order valence-electron chi connectivity index (χ0n) is 13.4. The van der Waals surface area contributed by atoms with Crippen LogP contribution in [0, 0.1) is 26.7 Å². The van der Waals surface area contributed by atoms with Gasteiger partial charge in [0.2, 0.25) is 0 Å². The first-order chi connectivity index (χ1) is 9.16. The lowest BCUT2D eigenvalue weighted by atomic mass is 9.95. The lowest BCUT2D eigenvalue weighted by molar-refractivity contribution is 0.562. The quantitative estimate of drug-likeness (QED) is 0.878. The third-order valence-electron chi connectivity index (χ3n) is 3.44. The van der Waals surface area contributed by atoms with Crippen molar-refractivity contribution in [1.29, 1.82) is 0 Å². The number of nitrogens with one attached hydrogen (secondary N) is 1. The lowest BCUT2D eigenvalue weighted by Gasteiger charge is -2.22. The molecule has 114 valence electrons. The van der Waals surface area contributed by atoms with E-state index in [1.165, 1.54) is 5.56 Å². The minimum Gasteiger partial charge on any atom is -0.312 e. The number of hydrogen-bond donors (Lipinski definition) is 1. The first-order valence-corrected chi connectivity index (χ1v) is 8.94. The fourth-order valence-electron chi connectivity index (χ4n) is 2.88. The van der Waals surface area contributed by atoms with Gasteiger partial charge in [-0.3, -0.25) is 0 Å². The predicted octanol–water partition coefficient (Wildman–Crippen LogP) is 2.94. The standard InChI is InChI=1S/C16H27NO2S/c1-11(2)9-20(18,19)10-15(17-6)16-13(4)7-12(3)8-14(16)5/h7-8,11,15,17H,9-10H2,1-6H3. The normalized spacial score (nSPS) is 13.8. The minimum atomic E-state index is -3.05. The SMILES string of the molecule is CNC(CS(=O)(=O)CC(C)C)c1c(C)cc(C)cc1C. The van der Waals surface area contributed by atoms with E-state index in [-0.39, 0.29) is 23.5 Å². The first-order valence-electron chi connectivity index (χ1n) is 7.11. The van der Waals surface area contributed by atoms with Crippen LogP contribution in [0.4, 0.5) is 0 Å².